The molecule has 0 saturated carbocycles. The molecule has 0 aliphatic carbocycles. The molecule has 6 nitrogen and oxygen atoms in total. The highest BCUT2D eigenvalue weighted by molar-refractivity contribution is 6.31. The molecule has 0 unspecified atom stereocenters. The molecule has 0 spiro atoms. The molecule has 136 valence electrons. The Hall–Kier alpha value is -2.08. The Bertz CT molecular complexity index is 684. The molecule has 0 atom stereocenters. The van der Waals surface area contributed by atoms with Crippen molar-refractivity contribution in [1.29, 1.82) is 0 Å². The van der Waals surface area contributed by atoms with Crippen LogP contribution in [-0.2, 0) is 9.59 Å². The zero-order valence-electron chi connectivity index (χ0n) is 14.8. The van der Waals surface area contributed by atoms with Crippen molar-refractivity contribution in [2.45, 2.75) is 52.0 Å². The van der Waals surface area contributed by atoms with Crippen LogP contribution < -0.4 is 10.6 Å². The lowest BCUT2D eigenvalue weighted by atomic mass is 9.88. The van der Waals surface area contributed by atoms with E-state index >= 15 is 0 Å². The van der Waals surface area contributed by atoms with E-state index in [0.29, 0.717) is 23.6 Å². The van der Waals surface area contributed by atoms with Gasteiger partial charge in [0.05, 0.1) is 0 Å². The van der Waals surface area contributed by atoms with Crippen molar-refractivity contribution in [3.05, 3.63) is 28.8 Å². The summed E-state index contributed by atoms with van der Waals surface area (Å²) in [4.78, 5) is 38.3. The van der Waals surface area contributed by atoms with Gasteiger partial charge in [0.1, 0.15) is 12.1 Å². The summed E-state index contributed by atoms with van der Waals surface area (Å²) in [7, 11) is 0. The van der Waals surface area contributed by atoms with Crippen LogP contribution in [0.2, 0.25) is 5.02 Å². The number of amides is 4. The first-order chi connectivity index (χ1) is 11.8. The fraction of sp³-hybridized carbons (Fsp3) is 0.500. The van der Waals surface area contributed by atoms with Crippen LogP contribution in [0.25, 0.3) is 0 Å². The Kier molecular flexibility index (Phi) is 6.06. The fourth-order valence-electron chi connectivity index (χ4n) is 3.20. The average Bonchev–Trinajstić information content (AvgIpc) is 2.76. The minimum Gasteiger partial charge on any atom is -0.324 e. The van der Waals surface area contributed by atoms with Gasteiger partial charge in [0.15, 0.2) is 0 Å². The number of carbonyl (C=O) groups excluding carboxylic acids is 3. The van der Waals surface area contributed by atoms with Gasteiger partial charge in [0, 0.05) is 10.7 Å². The van der Waals surface area contributed by atoms with E-state index in [9.17, 15) is 14.4 Å². The van der Waals surface area contributed by atoms with Crippen LogP contribution in [0, 0.1) is 6.92 Å². The second-order valence-electron chi connectivity index (χ2n) is 6.41. The molecular weight excluding hydrogens is 342 g/mol. The van der Waals surface area contributed by atoms with Gasteiger partial charge >= 0.3 is 6.03 Å². The van der Waals surface area contributed by atoms with Crippen molar-refractivity contribution in [2.75, 3.05) is 11.9 Å². The maximum Gasteiger partial charge on any atom is 0.325 e. The fourth-order valence-corrected chi connectivity index (χ4v) is 3.37. The van der Waals surface area contributed by atoms with Crippen molar-refractivity contribution >= 4 is 35.1 Å². The topological polar surface area (TPSA) is 78.5 Å². The first-order valence-corrected chi connectivity index (χ1v) is 8.91. The van der Waals surface area contributed by atoms with Gasteiger partial charge in [0.2, 0.25) is 5.91 Å². The van der Waals surface area contributed by atoms with Crippen LogP contribution in [-0.4, -0.2) is 34.8 Å². The summed E-state index contributed by atoms with van der Waals surface area (Å²) in [5.74, 6) is -0.753. The van der Waals surface area contributed by atoms with Gasteiger partial charge in [-0.05, 0) is 37.5 Å². The summed E-state index contributed by atoms with van der Waals surface area (Å²) in [6.07, 6.45) is 2.68. The molecule has 1 fully saturated rings. The quantitative estimate of drug-likeness (QED) is 0.726. The van der Waals surface area contributed by atoms with E-state index < -0.39 is 17.5 Å². The Morgan fingerprint density at radius 2 is 1.88 bits per heavy atom. The van der Waals surface area contributed by atoms with E-state index in [-0.39, 0.29) is 12.5 Å². The molecule has 2 N–H and O–H groups in total. The van der Waals surface area contributed by atoms with Crippen LogP contribution in [0.4, 0.5) is 10.5 Å². The lowest BCUT2D eigenvalue weighted by molar-refractivity contribution is -0.134. The van der Waals surface area contributed by atoms with Crippen LogP contribution in [0.15, 0.2) is 18.2 Å². The molecule has 0 radical (unpaired) electrons. The third-order valence-electron chi connectivity index (χ3n) is 4.37. The standard InChI is InChI=1S/C18H24ClN3O3/c1-4-8-18(9-5-2)16(24)22(17(25)21-18)11-15(23)20-14-10-13(19)7-6-12(14)3/h6-7,10H,4-5,8-9,11H2,1-3H3,(H,20,23)(H,21,25). The molecule has 2 rings (SSSR count). The second-order valence-corrected chi connectivity index (χ2v) is 6.85. The number of anilines is 1. The number of carbonyl (C=O) groups is 3. The lowest BCUT2D eigenvalue weighted by Crippen LogP contribution is -2.47. The van der Waals surface area contributed by atoms with E-state index in [1.165, 1.54) is 0 Å². The van der Waals surface area contributed by atoms with E-state index in [1.807, 2.05) is 20.8 Å². The Balaban J connectivity index is 2.11. The highest BCUT2D eigenvalue weighted by Crippen LogP contribution is 2.28. The predicted octanol–water partition coefficient (Wildman–Crippen LogP) is 3.48. The second kappa shape index (κ2) is 7.87. The number of hydrogen-bond donors (Lipinski definition) is 2. The van der Waals surface area contributed by atoms with E-state index in [2.05, 4.69) is 10.6 Å². The van der Waals surface area contributed by atoms with Gasteiger partial charge in [0.25, 0.3) is 5.91 Å². The van der Waals surface area contributed by atoms with Crippen LogP contribution >= 0.6 is 11.6 Å². The first kappa shape index (κ1) is 19.2. The van der Waals surface area contributed by atoms with Crippen molar-refractivity contribution in [2.24, 2.45) is 0 Å². The van der Waals surface area contributed by atoms with Gasteiger partial charge in [-0.2, -0.15) is 0 Å². The molecule has 1 aromatic rings. The van der Waals surface area contributed by atoms with Crippen LogP contribution in [0.1, 0.15) is 45.1 Å². The largest absolute Gasteiger partial charge is 0.325 e. The van der Waals surface area contributed by atoms with Gasteiger partial charge in [-0.25, -0.2) is 4.79 Å². The normalized spacial score (nSPS) is 16.1. The SMILES string of the molecule is CCCC1(CCC)NC(=O)N(CC(=O)Nc2cc(Cl)ccc2C)C1=O. The summed E-state index contributed by atoms with van der Waals surface area (Å²) in [6, 6.07) is 4.65. The van der Waals surface area contributed by atoms with Crippen molar-refractivity contribution in [1.82, 2.24) is 10.2 Å². The molecule has 25 heavy (non-hydrogen) atoms. The maximum absolute atomic E-state index is 12.8. The number of rotatable bonds is 7. The number of imide groups is 1. The Morgan fingerprint density at radius 3 is 2.48 bits per heavy atom. The molecule has 1 heterocycles. The predicted molar refractivity (Wildman–Crippen MR) is 97.6 cm³/mol. The van der Waals surface area contributed by atoms with Gasteiger partial charge in [-0.3, -0.25) is 14.5 Å². The smallest absolute Gasteiger partial charge is 0.324 e. The van der Waals surface area contributed by atoms with Crippen molar-refractivity contribution < 1.29 is 14.4 Å². The van der Waals surface area contributed by atoms with Crippen LogP contribution in [0.5, 0.6) is 0 Å². The van der Waals surface area contributed by atoms with Crippen molar-refractivity contribution in [3.8, 4) is 0 Å². The monoisotopic (exact) mass is 365 g/mol. The third-order valence-corrected chi connectivity index (χ3v) is 4.61. The van der Waals surface area contributed by atoms with Crippen LogP contribution in [0.3, 0.4) is 0 Å². The summed E-state index contributed by atoms with van der Waals surface area (Å²) in [5.41, 5.74) is 0.534. The number of hydrogen-bond acceptors (Lipinski definition) is 3. The molecule has 0 aromatic heterocycles. The highest BCUT2D eigenvalue weighted by atomic mass is 35.5. The molecule has 0 bridgehead atoms. The molecule has 1 saturated heterocycles. The number of halogens is 1. The maximum atomic E-state index is 12.8. The highest BCUT2D eigenvalue weighted by Gasteiger charge is 2.50. The zero-order valence-corrected chi connectivity index (χ0v) is 15.6. The number of nitrogens with zero attached hydrogens (tertiary/aromatic N) is 1. The summed E-state index contributed by atoms with van der Waals surface area (Å²) >= 11 is 5.94. The Labute approximate surface area is 152 Å². The van der Waals surface area contributed by atoms with E-state index in [1.54, 1.807) is 18.2 Å². The minimum atomic E-state index is -0.882. The van der Waals surface area contributed by atoms with Gasteiger partial charge in [-0.15, -0.1) is 0 Å². The number of urea groups is 1. The molecule has 1 aliphatic rings. The van der Waals surface area contributed by atoms with E-state index in [0.717, 1.165) is 23.3 Å². The summed E-state index contributed by atoms with van der Waals surface area (Å²) in [5, 5.41) is 6.01. The molecule has 4 amide bonds. The minimum absolute atomic E-state index is 0.314. The zero-order chi connectivity index (χ0) is 18.6. The first-order valence-electron chi connectivity index (χ1n) is 8.53. The molecular formula is C18H24ClN3O3. The summed E-state index contributed by atoms with van der Waals surface area (Å²) < 4.78 is 0. The summed E-state index contributed by atoms with van der Waals surface area (Å²) in [6.45, 7) is 5.46. The molecule has 1 aliphatic heterocycles. The van der Waals surface area contributed by atoms with Gasteiger partial charge in [-0.1, -0.05) is 44.4 Å². The molecule has 1 aromatic carbocycles. The molecule has 7 heteroatoms. The Morgan fingerprint density at radius 1 is 1.24 bits per heavy atom. The number of aryl methyl sites for hydroxylation is 1. The third kappa shape index (κ3) is 4.12. The average molecular weight is 366 g/mol. The number of nitrogens with one attached hydrogen (secondary N) is 2. The lowest BCUT2D eigenvalue weighted by Gasteiger charge is -2.25. The van der Waals surface area contributed by atoms with Gasteiger partial charge < -0.3 is 10.6 Å². The number of benzene rings is 1. The van der Waals surface area contributed by atoms with E-state index in [4.69, 9.17) is 11.6 Å². The van der Waals surface area contributed by atoms with Crippen molar-refractivity contribution in [3.63, 3.8) is 0 Å².